The van der Waals surface area contributed by atoms with Crippen molar-refractivity contribution in [3.05, 3.63) is 33.4 Å². The molecule has 92 valence electrons. The summed E-state index contributed by atoms with van der Waals surface area (Å²) in [4.78, 5) is 12.1. The summed E-state index contributed by atoms with van der Waals surface area (Å²) < 4.78 is 1.16. The molecule has 1 saturated carbocycles. The molecule has 1 aromatic rings. The lowest BCUT2D eigenvalue weighted by Gasteiger charge is -2.29. The van der Waals surface area contributed by atoms with Crippen LogP contribution in [0.5, 0.6) is 0 Å². The van der Waals surface area contributed by atoms with Gasteiger partial charge in [-0.3, -0.25) is 4.79 Å². The van der Waals surface area contributed by atoms with Crippen molar-refractivity contribution in [1.82, 2.24) is 5.32 Å². The van der Waals surface area contributed by atoms with Gasteiger partial charge in [0.05, 0.1) is 0 Å². The summed E-state index contributed by atoms with van der Waals surface area (Å²) in [5.74, 6) is 0.677. The lowest BCUT2D eigenvalue weighted by molar-refractivity contribution is 0.0910. The summed E-state index contributed by atoms with van der Waals surface area (Å²) in [6.07, 6.45) is 4.90. The number of benzene rings is 1. The van der Waals surface area contributed by atoms with Gasteiger partial charge in [0.15, 0.2) is 0 Å². The second-order valence-electron chi connectivity index (χ2n) is 4.85. The van der Waals surface area contributed by atoms with Gasteiger partial charge in [0, 0.05) is 15.2 Å². The summed E-state index contributed by atoms with van der Waals surface area (Å²) in [6, 6.07) is 8.09. The van der Waals surface area contributed by atoms with Crippen LogP contribution >= 0.6 is 22.6 Å². The van der Waals surface area contributed by atoms with Crippen LogP contribution in [0, 0.1) is 9.49 Å². The highest BCUT2D eigenvalue weighted by molar-refractivity contribution is 14.1. The Balaban J connectivity index is 1.98. The predicted octanol–water partition coefficient (Wildman–Crippen LogP) is 3.60. The molecule has 1 aliphatic rings. The zero-order valence-corrected chi connectivity index (χ0v) is 12.2. The van der Waals surface area contributed by atoms with Gasteiger partial charge in [-0.15, -0.1) is 0 Å². The molecule has 1 fully saturated rings. The lowest BCUT2D eigenvalue weighted by atomic mass is 9.86. The molecule has 0 heterocycles. The van der Waals surface area contributed by atoms with E-state index < -0.39 is 0 Å². The minimum Gasteiger partial charge on any atom is -0.349 e. The van der Waals surface area contributed by atoms with E-state index in [-0.39, 0.29) is 5.91 Å². The number of carbonyl (C=O) groups excluding carboxylic acids is 1. The Labute approximate surface area is 116 Å². The molecule has 0 aromatic heterocycles. The van der Waals surface area contributed by atoms with Crippen molar-refractivity contribution >= 4 is 28.5 Å². The maximum Gasteiger partial charge on any atom is 0.251 e. The van der Waals surface area contributed by atoms with E-state index >= 15 is 0 Å². The number of halogens is 1. The highest BCUT2D eigenvalue weighted by Gasteiger charge is 2.22. The highest BCUT2D eigenvalue weighted by Crippen LogP contribution is 2.24. The van der Waals surface area contributed by atoms with Gasteiger partial charge >= 0.3 is 0 Å². The largest absolute Gasteiger partial charge is 0.349 e. The Bertz CT molecular complexity index is 388. The number of amides is 1. The fourth-order valence-corrected chi connectivity index (χ4v) is 2.74. The quantitative estimate of drug-likeness (QED) is 0.817. The van der Waals surface area contributed by atoms with Gasteiger partial charge in [-0.05, 0) is 65.6 Å². The number of rotatable bonds is 2. The average molecular weight is 343 g/mol. The lowest BCUT2D eigenvalue weighted by Crippen LogP contribution is -2.41. The smallest absolute Gasteiger partial charge is 0.251 e. The molecule has 2 nitrogen and oxygen atoms in total. The van der Waals surface area contributed by atoms with Crippen LogP contribution in [0.2, 0.25) is 0 Å². The summed E-state index contributed by atoms with van der Waals surface area (Å²) in [5.41, 5.74) is 0.767. The van der Waals surface area contributed by atoms with E-state index in [0.29, 0.717) is 12.0 Å². The van der Waals surface area contributed by atoms with E-state index in [1.807, 2.05) is 24.3 Å². The van der Waals surface area contributed by atoms with Crippen molar-refractivity contribution in [2.45, 2.75) is 38.6 Å². The number of hydrogen-bond donors (Lipinski definition) is 1. The first-order valence-corrected chi connectivity index (χ1v) is 7.31. The molecule has 0 radical (unpaired) electrons. The second-order valence-corrected chi connectivity index (χ2v) is 6.09. The van der Waals surface area contributed by atoms with Gasteiger partial charge in [-0.2, -0.15) is 0 Å². The molecule has 2 atom stereocenters. The van der Waals surface area contributed by atoms with Crippen molar-refractivity contribution in [2.24, 2.45) is 5.92 Å². The van der Waals surface area contributed by atoms with Crippen LogP contribution in [0.3, 0.4) is 0 Å². The molecular formula is C14H18INO. The number of nitrogens with one attached hydrogen (secondary N) is 1. The van der Waals surface area contributed by atoms with E-state index in [0.717, 1.165) is 15.6 Å². The van der Waals surface area contributed by atoms with Gasteiger partial charge in [-0.25, -0.2) is 0 Å². The Kier molecular flexibility index (Phi) is 4.42. The molecule has 0 aliphatic heterocycles. The Hall–Kier alpha value is -0.580. The van der Waals surface area contributed by atoms with Crippen LogP contribution < -0.4 is 5.32 Å². The zero-order chi connectivity index (χ0) is 12.3. The SMILES string of the molecule is C[C@H]1CCCC[C@H]1NC(=O)c1ccc(I)cc1. The molecule has 0 unspecified atom stereocenters. The van der Waals surface area contributed by atoms with Crippen molar-refractivity contribution in [3.8, 4) is 0 Å². The fraction of sp³-hybridized carbons (Fsp3) is 0.500. The maximum atomic E-state index is 12.1. The Morgan fingerprint density at radius 1 is 1.24 bits per heavy atom. The Morgan fingerprint density at radius 3 is 2.53 bits per heavy atom. The van der Waals surface area contributed by atoms with Crippen molar-refractivity contribution in [1.29, 1.82) is 0 Å². The minimum absolute atomic E-state index is 0.0696. The minimum atomic E-state index is 0.0696. The maximum absolute atomic E-state index is 12.1. The van der Waals surface area contributed by atoms with Crippen LogP contribution in [0.15, 0.2) is 24.3 Å². The topological polar surface area (TPSA) is 29.1 Å². The molecule has 2 rings (SSSR count). The van der Waals surface area contributed by atoms with Crippen molar-refractivity contribution < 1.29 is 4.79 Å². The zero-order valence-electron chi connectivity index (χ0n) is 10.1. The second kappa shape index (κ2) is 5.85. The van der Waals surface area contributed by atoms with Crippen molar-refractivity contribution in [2.75, 3.05) is 0 Å². The van der Waals surface area contributed by atoms with E-state index in [4.69, 9.17) is 0 Å². The van der Waals surface area contributed by atoms with Gasteiger partial charge < -0.3 is 5.32 Å². The molecule has 0 spiro atoms. The molecule has 0 bridgehead atoms. The standard InChI is InChI=1S/C14H18INO/c1-10-4-2-3-5-13(10)16-14(17)11-6-8-12(15)9-7-11/h6-10,13H,2-5H2,1H3,(H,16,17)/t10-,13+/m0/s1. The average Bonchev–Trinajstić information content (AvgIpc) is 2.33. The first-order valence-electron chi connectivity index (χ1n) is 6.23. The summed E-state index contributed by atoms with van der Waals surface area (Å²) >= 11 is 2.25. The molecular weight excluding hydrogens is 325 g/mol. The van der Waals surface area contributed by atoms with E-state index in [9.17, 15) is 4.79 Å². The van der Waals surface area contributed by atoms with E-state index in [1.54, 1.807) is 0 Å². The summed E-state index contributed by atoms with van der Waals surface area (Å²) in [6.45, 7) is 2.23. The molecule has 17 heavy (non-hydrogen) atoms. The predicted molar refractivity (Wildman–Crippen MR) is 78.0 cm³/mol. The molecule has 1 aromatic carbocycles. The third-order valence-electron chi connectivity index (χ3n) is 3.53. The van der Waals surface area contributed by atoms with Gasteiger partial charge in [-0.1, -0.05) is 19.8 Å². The number of carbonyl (C=O) groups is 1. The highest BCUT2D eigenvalue weighted by atomic mass is 127. The summed E-state index contributed by atoms with van der Waals surface area (Å²) in [7, 11) is 0. The van der Waals surface area contributed by atoms with E-state index in [2.05, 4.69) is 34.8 Å². The van der Waals surface area contributed by atoms with Gasteiger partial charge in [0.1, 0.15) is 0 Å². The third-order valence-corrected chi connectivity index (χ3v) is 4.25. The van der Waals surface area contributed by atoms with Gasteiger partial charge in [0.2, 0.25) is 0 Å². The first kappa shape index (κ1) is 12.9. The Morgan fingerprint density at radius 2 is 1.88 bits per heavy atom. The van der Waals surface area contributed by atoms with Gasteiger partial charge in [0.25, 0.3) is 5.91 Å². The number of hydrogen-bond acceptors (Lipinski definition) is 1. The van der Waals surface area contributed by atoms with E-state index in [1.165, 1.54) is 19.3 Å². The molecule has 1 amide bonds. The monoisotopic (exact) mass is 343 g/mol. The first-order chi connectivity index (χ1) is 8.16. The molecule has 1 aliphatic carbocycles. The van der Waals surface area contributed by atoms with Crippen molar-refractivity contribution in [3.63, 3.8) is 0 Å². The molecule has 3 heteroatoms. The molecule has 0 saturated heterocycles. The van der Waals surface area contributed by atoms with Crippen LogP contribution in [-0.2, 0) is 0 Å². The summed E-state index contributed by atoms with van der Waals surface area (Å²) in [5, 5.41) is 3.16. The van der Waals surface area contributed by atoms with Crippen LogP contribution in [0.4, 0.5) is 0 Å². The molecule has 1 N–H and O–H groups in total. The van der Waals surface area contributed by atoms with Crippen LogP contribution in [0.1, 0.15) is 43.0 Å². The normalized spacial score (nSPS) is 24.4. The van der Waals surface area contributed by atoms with Crippen LogP contribution in [-0.4, -0.2) is 11.9 Å². The third kappa shape index (κ3) is 3.44. The fourth-order valence-electron chi connectivity index (χ4n) is 2.38. The van der Waals surface area contributed by atoms with Crippen LogP contribution in [0.25, 0.3) is 0 Å².